The van der Waals surface area contributed by atoms with Crippen molar-refractivity contribution < 1.29 is 9.21 Å². The van der Waals surface area contributed by atoms with Gasteiger partial charge in [0.25, 0.3) is 5.91 Å². The molecule has 1 amide bonds. The van der Waals surface area contributed by atoms with Crippen molar-refractivity contribution in [2.45, 2.75) is 0 Å². The summed E-state index contributed by atoms with van der Waals surface area (Å²) in [4.78, 5) is 11.9. The van der Waals surface area contributed by atoms with E-state index in [1.165, 1.54) is 6.26 Å². The highest BCUT2D eigenvalue weighted by Crippen LogP contribution is 2.25. The first-order chi connectivity index (χ1) is 8.08. The van der Waals surface area contributed by atoms with E-state index in [0.29, 0.717) is 20.9 Å². The molecular formula is C11H6BrClINO2. The minimum absolute atomic E-state index is 0.270. The largest absolute Gasteiger partial charge is 0.457 e. The van der Waals surface area contributed by atoms with Crippen LogP contribution in [0.15, 0.2) is 39.6 Å². The zero-order valence-corrected chi connectivity index (χ0v) is 12.8. The van der Waals surface area contributed by atoms with Crippen molar-refractivity contribution in [1.29, 1.82) is 0 Å². The maximum Gasteiger partial charge on any atom is 0.260 e. The summed E-state index contributed by atoms with van der Waals surface area (Å²) in [6.45, 7) is 0. The topological polar surface area (TPSA) is 42.2 Å². The first-order valence-electron chi connectivity index (χ1n) is 4.57. The molecule has 2 aromatic rings. The Morgan fingerprint density at radius 1 is 1.41 bits per heavy atom. The number of amides is 1. The van der Waals surface area contributed by atoms with Crippen molar-refractivity contribution in [3.8, 4) is 0 Å². The second kappa shape index (κ2) is 5.41. The van der Waals surface area contributed by atoms with E-state index in [1.54, 1.807) is 18.2 Å². The van der Waals surface area contributed by atoms with Gasteiger partial charge < -0.3 is 9.73 Å². The van der Waals surface area contributed by atoms with Crippen LogP contribution in [0.3, 0.4) is 0 Å². The zero-order valence-electron chi connectivity index (χ0n) is 8.34. The number of furan rings is 1. The third-order valence-electron chi connectivity index (χ3n) is 2.04. The van der Waals surface area contributed by atoms with Crippen molar-refractivity contribution >= 4 is 61.7 Å². The van der Waals surface area contributed by atoms with E-state index in [-0.39, 0.29) is 5.91 Å². The molecule has 1 N–H and O–H groups in total. The molecule has 0 fully saturated rings. The Kier molecular flexibility index (Phi) is 4.11. The lowest BCUT2D eigenvalue weighted by molar-refractivity contribution is 0.102. The van der Waals surface area contributed by atoms with E-state index in [2.05, 4.69) is 43.8 Å². The SMILES string of the molecule is O=C(Nc1ccc(I)cc1Cl)c1ccoc1Br. The van der Waals surface area contributed by atoms with Crippen LogP contribution in [0.2, 0.25) is 5.02 Å². The van der Waals surface area contributed by atoms with Crippen molar-refractivity contribution in [2.75, 3.05) is 5.32 Å². The molecule has 0 atom stereocenters. The summed E-state index contributed by atoms with van der Waals surface area (Å²) in [6.07, 6.45) is 1.44. The normalized spacial score (nSPS) is 10.3. The van der Waals surface area contributed by atoms with Crippen LogP contribution in [0.25, 0.3) is 0 Å². The van der Waals surface area contributed by atoms with Crippen LogP contribution >= 0.6 is 50.1 Å². The van der Waals surface area contributed by atoms with Crippen LogP contribution in [0.4, 0.5) is 5.69 Å². The van der Waals surface area contributed by atoms with Crippen LogP contribution in [0.5, 0.6) is 0 Å². The monoisotopic (exact) mass is 425 g/mol. The summed E-state index contributed by atoms with van der Waals surface area (Å²) < 4.78 is 6.40. The van der Waals surface area contributed by atoms with Gasteiger partial charge in [0.2, 0.25) is 0 Å². The molecular weight excluding hydrogens is 420 g/mol. The van der Waals surface area contributed by atoms with Crippen LogP contribution in [0.1, 0.15) is 10.4 Å². The third-order valence-corrected chi connectivity index (χ3v) is 3.64. The first kappa shape index (κ1) is 12.9. The molecule has 1 heterocycles. The number of halogens is 3. The van der Waals surface area contributed by atoms with Crippen molar-refractivity contribution in [1.82, 2.24) is 0 Å². The smallest absolute Gasteiger partial charge is 0.260 e. The van der Waals surface area contributed by atoms with Gasteiger partial charge in [0.05, 0.1) is 22.5 Å². The molecule has 0 aliphatic rings. The molecule has 0 spiro atoms. The molecule has 3 nitrogen and oxygen atoms in total. The Bertz CT molecular complexity index is 570. The number of carbonyl (C=O) groups excluding carboxylic acids is 1. The predicted molar refractivity (Wildman–Crippen MR) is 78.5 cm³/mol. The van der Waals surface area contributed by atoms with Crippen LogP contribution < -0.4 is 5.32 Å². The van der Waals surface area contributed by atoms with Gasteiger partial charge in [0.1, 0.15) is 0 Å². The quantitative estimate of drug-likeness (QED) is 0.716. The Labute approximate surface area is 125 Å². The maximum absolute atomic E-state index is 11.9. The lowest BCUT2D eigenvalue weighted by Crippen LogP contribution is -2.11. The summed E-state index contributed by atoms with van der Waals surface area (Å²) in [5, 5.41) is 3.22. The van der Waals surface area contributed by atoms with E-state index in [9.17, 15) is 4.79 Å². The van der Waals surface area contributed by atoms with Gasteiger partial charge in [-0.2, -0.15) is 0 Å². The fourth-order valence-corrected chi connectivity index (χ4v) is 2.56. The molecule has 0 radical (unpaired) electrons. The molecule has 0 bridgehead atoms. The number of benzene rings is 1. The summed E-state index contributed by atoms with van der Waals surface area (Å²) >= 11 is 11.3. The van der Waals surface area contributed by atoms with E-state index in [4.69, 9.17) is 16.0 Å². The minimum atomic E-state index is -0.270. The van der Waals surface area contributed by atoms with Gasteiger partial charge in [-0.25, -0.2) is 0 Å². The van der Waals surface area contributed by atoms with E-state index >= 15 is 0 Å². The standard InChI is InChI=1S/C11H6BrClINO2/c12-10-7(3-4-17-10)11(16)15-9-2-1-6(14)5-8(9)13/h1-5H,(H,15,16). The molecule has 17 heavy (non-hydrogen) atoms. The van der Waals surface area contributed by atoms with Gasteiger partial charge in [0, 0.05) is 3.57 Å². The average molecular weight is 426 g/mol. The summed E-state index contributed by atoms with van der Waals surface area (Å²) in [5.74, 6) is -0.270. The molecule has 88 valence electrons. The first-order valence-corrected chi connectivity index (χ1v) is 6.82. The Hall–Kier alpha value is -0.530. The summed E-state index contributed by atoms with van der Waals surface area (Å²) in [5.41, 5.74) is 1.00. The van der Waals surface area contributed by atoms with Crippen LogP contribution in [-0.2, 0) is 0 Å². The van der Waals surface area contributed by atoms with E-state index < -0.39 is 0 Å². The van der Waals surface area contributed by atoms with Gasteiger partial charge in [-0.3, -0.25) is 4.79 Å². The highest BCUT2D eigenvalue weighted by atomic mass is 127. The van der Waals surface area contributed by atoms with Gasteiger partial charge in [-0.15, -0.1) is 0 Å². The zero-order chi connectivity index (χ0) is 12.4. The van der Waals surface area contributed by atoms with Crippen molar-refractivity contribution in [3.63, 3.8) is 0 Å². The Morgan fingerprint density at radius 3 is 2.76 bits per heavy atom. The summed E-state index contributed by atoms with van der Waals surface area (Å²) in [7, 11) is 0. The van der Waals surface area contributed by atoms with Gasteiger partial charge in [-0.05, 0) is 62.8 Å². The van der Waals surface area contributed by atoms with Crippen LogP contribution in [0, 0.1) is 3.57 Å². The number of hydrogen-bond donors (Lipinski definition) is 1. The molecule has 0 saturated carbocycles. The molecule has 0 unspecified atom stereocenters. The highest BCUT2D eigenvalue weighted by Gasteiger charge is 2.13. The average Bonchev–Trinajstić information content (AvgIpc) is 2.68. The fraction of sp³-hybridized carbons (Fsp3) is 0. The Morgan fingerprint density at radius 2 is 2.18 bits per heavy atom. The lowest BCUT2D eigenvalue weighted by Gasteiger charge is -2.06. The molecule has 2 rings (SSSR count). The highest BCUT2D eigenvalue weighted by molar-refractivity contribution is 14.1. The molecule has 0 aliphatic heterocycles. The number of anilines is 1. The molecule has 0 aliphatic carbocycles. The fourth-order valence-electron chi connectivity index (χ4n) is 1.24. The number of carbonyl (C=O) groups is 1. The number of nitrogens with one attached hydrogen (secondary N) is 1. The molecule has 0 saturated heterocycles. The lowest BCUT2D eigenvalue weighted by atomic mass is 10.3. The molecule has 1 aromatic heterocycles. The van der Waals surface area contributed by atoms with E-state index in [0.717, 1.165) is 3.57 Å². The van der Waals surface area contributed by atoms with Crippen molar-refractivity contribution in [3.05, 3.63) is 49.4 Å². The number of rotatable bonds is 2. The minimum Gasteiger partial charge on any atom is -0.457 e. The second-order valence-corrected chi connectivity index (χ2v) is 5.56. The van der Waals surface area contributed by atoms with Gasteiger partial charge in [0.15, 0.2) is 4.67 Å². The number of hydrogen-bond acceptors (Lipinski definition) is 2. The predicted octanol–water partition coefficient (Wildman–Crippen LogP) is 4.55. The maximum atomic E-state index is 11.9. The van der Waals surface area contributed by atoms with Crippen molar-refractivity contribution in [2.24, 2.45) is 0 Å². The van der Waals surface area contributed by atoms with Crippen LogP contribution in [-0.4, -0.2) is 5.91 Å². The molecule has 6 heteroatoms. The summed E-state index contributed by atoms with van der Waals surface area (Å²) in [6, 6.07) is 6.99. The van der Waals surface area contributed by atoms with Gasteiger partial charge >= 0.3 is 0 Å². The Balaban J connectivity index is 2.22. The second-order valence-electron chi connectivity index (χ2n) is 3.19. The van der Waals surface area contributed by atoms with Gasteiger partial charge in [-0.1, -0.05) is 11.6 Å². The third kappa shape index (κ3) is 3.02. The molecule has 1 aromatic carbocycles. The van der Waals surface area contributed by atoms with E-state index in [1.807, 2.05) is 6.07 Å².